The van der Waals surface area contributed by atoms with E-state index in [9.17, 15) is 0 Å². The van der Waals surface area contributed by atoms with E-state index in [4.69, 9.17) is 0 Å². The van der Waals surface area contributed by atoms with Crippen LogP contribution in [0.5, 0.6) is 0 Å². The van der Waals surface area contributed by atoms with Crippen molar-refractivity contribution in [3.8, 4) is 0 Å². The number of hydrogen-bond donors (Lipinski definition) is 2. The topological polar surface area (TPSA) is 53.1 Å². The lowest BCUT2D eigenvalue weighted by atomic mass is 10.1. The third-order valence-corrected chi connectivity index (χ3v) is 3.36. The average molecular weight is 263 g/mol. The molecule has 0 unspecified atom stereocenters. The molecule has 0 aliphatic carbocycles. The minimum atomic E-state index is 0.767. The molecular formula is C14H25N5. The monoisotopic (exact) mass is 263 g/mol. The normalized spacial score (nSPS) is 15.8. The Morgan fingerprint density at radius 2 is 2.11 bits per heavy atom. The van der Waals surface area contributed by atoms with Crippen LogP contribution in [0.15, 0.2) is 12.4 Å². The third-order valence-electron chi connectivity index (χ3n) is 3.36. The summed E-state index contributed by atoms with van der Waals surface area (Å²) in [6.45, 7) is 9.59. The molecule has 2 rings (SSSR count). The van der Waals surface area contributed by atoms with E-state index in [2.05, 4.69) is 45.4 Å². The molecule has 19 heavy (non-hydrogen) atoms. The number of aromatic nitrogens is 2. The van der Waals surface area contributed by atoms with Gasteiger partial charge in [-0.2, -0.15) is 0 Å². The van der Waals surface area contributed by atoms with E-state index in [1.165, 1.54) is 12.8 Å². The summed E-state index contributed by atoms with van der Waals surface area (Å²) in [5, 5.41) is 6.74. The summed E-state index contributed by atoms with van der Waals surface area (Å²) in [5.41, 5.74) is 0. The Hall–Kier alpha value is -1.36. The standard InChI is InChI=1S/C14H25N5/c1-12(2)4-3-5-16-13-10-14(18-11-17-13)19-8-6-15-7-9-19/h10-12,15H,3-9H2,1-2H3,(H,16,17,18). The van der Waals surface area contributed by atoms with Crippen LogP contribution in [-0.2, 0) is 0 Å². The number of hydrogen-bond acceptors (Lipinski definition) is 5. The Labute approximate surface area is 115 Å². The zero-order valence-corrected chi connectivity index (χ0v) is 12.0. The minimum Gasteiger partial charge on any atom is -0.370 e. The highest BCUT2D eigenvalue weighted by Gasteiger charge is 2.11. The van der Waals surface area contributed by atoms with Crippen molar-refractivity contribution in [2.24, 2.45) is 5.92 Å². The van der Waals surface area contributed by atoms with Crippen LogP contribution in [0.4, 0.5) is 11.6 Å². The van der Waals surface area contributed by atoms with Gasteiger partial charge in [0.1, 0.15) is 18.0 Å². The maximum Gasteiger partial charge on any atom is 0.134 e. The molecule has 1 aliphatic heterocycles. The molecule has 5 nitrogen and oxygen atoms in total. The second-order valence-electron chi connectivity index (χ2n) is 5.46. The number of rotatable bonds is 6. The molecule has 0 amide bonds. The van der Waals surface area contributed by atoms with Gasteiger partial charge in [-0.05, 0) is 18.8 Å². The van der Waals surface area contributed by atoms with Crippen molar-refractivity contribution in [2.45, 2.75) is 26.7 Å². The van der Waals surface area contributed by atoms with Crippen molar-refractivity contribution >= 4 is 11.6 Å². The lowest BCUT2D eigenvalue weighted by Crippen LogP contribution is -2.43. The molecule has 0 saturated carbocycles. The summed E-state index contributed by atoms with van der Waals surface area (Å²) >= 11 is 0. The first-order valence-electron chi connectivity index (χ1n) is 7.27. The number of piperazine rings is 1. The lowest BCUT2D eigenvalue weighted by Gasteiger charge is -2.28. The van der Waals surface area contributed by atoms with E-state index >= 15 is 0 Å². The van der Waals surface area contributed by atoms with Crippen molar-refractivity contribution in [1.82, 2.24) is 15.3 Å². The van der Waals surface area contributed by atoms with Crippen molar-refractivity contribution in [1.29, 1.82) is 0 Å². The lowest BCUT2D eigenvalue weighted by molar-refractivity contribution is 0.566. The Balaban J connectivity index is 1.84. The maximum absolute atomic E-state index is 4.37. The van der Waals surface area contributed by atoms with Gasteiger partial charge in [0.25, 0.3) is 0 Å². The largest absolute Gasteiger partial charge is 0.370 e. The fourth-order valence-corrected chi connectivity index (χ4v) is 2.24. The molecule has 0 bridgehead atoms. The number of nitrogens with zero attached hydrogens (tertiary/aromatic N) is 3. The van der Waals surface area contributed by atoms with Crippen LogP contribution in [0.2, 0.25) is 0 Å². The predicted octanol–water partition coefficient (Wildman–Crippen LogP) is 1.73. The van der Waals surface area contributed by atoms with Crippen molar-refractivity contribution < 1.29 is 0 Å². The maximum atomic E-state index is 4.37. The molecule has 5 heteroatoms. The van der Waals surface area contributed by atoms with Gasteiger partial charge in [0.2, 0.25) is 0 Å². The highest BCUT2D eigenvalue weighted by atomic mass is 15.2. The number of nitrogens with one attached hydrogen (secondary N) is 2. The highest BCUT2D eigenvalue weighted by molar-refractivity contribution is 5.48. The van der Waals surface area contributed by atoms with E-state index < -0.39 is 0 Å². The van der Waals surface area contributed by atoms with Crippen molar-refractivity contribution in [3.63, 3.8) is 0 Å². The van der Waals surface area contributed by atoms with Gasteiger partial charge in [0.05, 0.1) is 0 Å². The van der Waals surface area contributed by atoms with E-state index in [0.29, 0.717) is 0 Å². The second kappa shape index (κ2) is 7.28. The number of anilines is 2. The van der Waals surface area contributed by atoms with E-state index in [1.807, 2.05) is 0 Å². The molecule has 0 aromatic carbocycles. The first-order chi connectivity index (χ1) is 9.25. The van der Waals surface area contributed by atoms with Crippen LogP contribution >= 0.6 is 0 Å². The molecule has 2 N–H and O–H groups in total. The molecule has 2 heterocycles. The van der Waals surface area contributed by atoms with Gasteiger partial charge in [0, 0.05) is 38.8 Å². The Kier molecular flexibility index (Phi) is 5.39. The Bertz CT molecular complexity index is 374. The zero-order chi connectivity index (χ0) is 13.5. The van der Waals surface area contributed by atoms with Crippen LogP contribution < -0.4 is 15.5 Å². The van der Waals surface area contributed by atoms with Gasteiger partial charge in [-0.25, -0.2) is 9.97 Å². The smallest absolute Gasteiger partial charge is 0.134 e. The summed E-state index contributed by atoms with van der Waals surface area (Å²) < 4.78 is 0. The van der Waals surface area contributed by atoms with E-state index in [1.54, 1.807) is 6.33 Å². The molecule has 1 aliphatic rings. The van der Waals surface area contributed by atoms with Gasteiger partial charge in [0.15, 0.2) is 0 Å². The van der Waals surface area contributed by atoms with Crippen LogP contribution in [0, 0.1) is 5.92 Å². The van der Waals surface area contributed by atoms with Crippen LogP contribution in [0.3, 0.4) is 0 Å². The second-order valence-corrected chi connectivity index (χ2v) is 5.46. The van der Waals surface area contributed by atoms with Crippen molar-refractivity contribution in [2.75, 3.05) is 42.9 Å². The first kappa shape index (κ1) is 14.1. The molecular weight excluding hydrogens is 238 g/mol. The molecule has 1 aromatic heterocycles. The molecule has 0 atom stereocenters. The summed E-state index contributed by atoms with van der Waals surface area (Å²) in [6.07, 6.45) is 4.09. The average Bonchev–Trinajstić information content (AvgIpc) is 2.45. The molecule has 0 radical (unpaired) electrons. The fourth-order valence-electron chi connectivity index (χ4n) is 2.24. The van der Waals surface area contributed by atoms with Crippen LogP contribution in [-0.4, -0.2) is 42.7 Å². The van der Waals surface area contributed by atoms with Gasteiger partial charge in [-0.1, -0.05) is 13.8 Å². The predicted molar refractivity (Wildman–Crippen MR) is 79.7 cm³/mol. The van der Waals surface area contributed by atoms with Crippen LogP contribution in [0.1, 0.15) is 26.7 Å². The summed E-state index contributed by atoms with van der Waals surface area (Å²) in [7, 11) is 0. The van der Waals surface area contributed by atoms with Crippen molar-refractivity contribution in [3.05, 3.63) is 12.4 Å². The molecule has 0 spiro atoms. The quantitative estimate of drug-likeness (QED) is 0.766. The summed E-state index contributed by atoms with van der Waals surface area (Å²) in [4.78, 5) is 11.0. The first-order valence-corrected chi connectivity index (χ1v) is 7.27. The van der Waals surface area contributed by atoms with Gasteiger partial charge >= 0.3 is 0 Å². The third kappa shape index (κ3) is 4.67. The SMILES string of the molecule is CC(C)CCCNc1cc(N2CCNCC2)ncn1. The fraction of sp³-hybridized carbons (Fsp3) is 0.714. The van der Waals surface area contributed by atoms with Gasteiger partial charge < -0.3 is 15.5 Å². The Morgan fingerprint density at radius 3 is 2.84 bits per heavy atom. The highest BCUT2D eigenvalue weighted by Crippen LogP contribution is 2.14. The minimum absolute atomic E-state index is 0.767. The zero-order valence-electron chi connectivity index (χ0n) is 12.0. The molecule has 106 valence electrons. The molecule has 1 fully saturated rings. The summed E-state index contributed by atoms with van der Waals surface area (Å²) in [5.74, 6) is 2.73. The van der Waals surface area contributed by atoms with E-state index in [-0.39, 0.29) is 0 Å². The van der Waals surface area contributed by atoms with Crippen LogP contribution in [0.25, 0.3) is 0 Å². The Morgan fingerprint density at radius 1 is 1.32 bits per heavy atom. The molecule has 1 aromatic rings. The van der Waals surface area contributed by atoms with E-state index in [0.717, 1.165) is 50.3 Å². The van der Waals surface area contributed by atoms with Gasteiger partial charge in [-0.15, -0.1) is 0 Å². The molecule has 1 saturated heterocycles. The van der Waals surface area contributed by atoms with Gasteiger partial charge in [-0.3, -0.25) is 0 Å². The summed E-state index contributed by atoms with van der Waals surface area (Å²) in [6, 6.07) is 2.06.